The highest BCUT2D eigenvalue weighted by molar-refractivity contribution is 9.10. The fraction of sp³-hybridized carbons (Fsp3) is 0.333. The third kappa shape index (κ3) is 2.46. The number of aromatic nitrogens is 1. The van der Waals surface area contributed by atoms with Gasteiger partial charge in [-0.05, 0) is 22.9 Å². The molecule has 88 valence electrons. The third-order valence-electron chi connectivity index (χ3n) is 1.72. The predicted octanol–water partition coefficient (Wildman–Crippen LogP) is 2.66. The van der Waals surface area contributed by atoms with Crippen molar-refractivity contribution >= 4 is 21.9 Å². The van der Waals surface area contributed by atoms with Crippen LogP contribution in [0.4, 0.5) is 8.78 Å². The highest BCUT2D eigenvalue weighted by atomic mass is 79.9. The summed E-state index contributed by atoms with van der Waals surface area (Å²) >= 11 is 2.77. The van der Waals surface area contributed by atoms with Gasteiger partial charge in [-0.15, -0.1) is 0 Å². The minimum absolute atomic E-state index is 0.105. The molecule has 0 saturated heterocycles. The number of hydrogen-bond donors (Lipinski definition) is 1. The summed E-state index contributed by atoms with van der Waals surface area (Å²) in [6.07, 6.45) is -1.97. The van der Waals surface area contributed by atoms with Gasteiger partial charge in [0.2, 0.25) is 0 Å². The topological polar surface area (TPSA) is 59.4 Å². The minimum atomic E-state index is -2.79. The van der Waals surface area contributed by atoms with E-state index in [9.17, 15) is 18.7 Å². The molecule has 0 spiro atoms. The Kier molecular flexibility index (Phi) is 4.17. The average molecular weight is 296 g/mol. The molecule has 4 nitrogen and oxygen atoms in total. The SMILES string of the molecule is CCOC(=O)c1ncc(C(F)F)c(Br)c1O. The van der Waals surface area contributed by atoms with Gasteiger partial charge in [0, 0.05) is 6.20 Å². The van der Waals surface area contributed by atoms with Gasteiger partial charge in [-0.25, -0.2) is 18.6 Å². The molecule has 1 heterocycles. The van der Waals surface area contributed by atoms with Crippen LogP contribution in [0.1, 0.15) is 29.4 Å². The second-order valence-corrected chi connectivity index (χ2v) is 3.54. The number of halogens is 3. The van der Waals surface area contributed by atoms with Gasteiger partial charge in [0.15, 0.2) is 11.4 Å². The molecule has 0 fully saturated rings. The number of ether oxygens (including phenoxy) is 1. The highest BCUT2D eigenvalue weighted by Crippen LogP contribution is 2.35. The molecule has 0 saturated carbocycles. The van der Waals surface area contributed by atoms with Crippen molar-refractivity contribution in [3.05, 3.63) is 21.9 Å². The Labute approximate surface area is 98.4 Å². The Morgan fingerprint density at radius 3 is 2.81 bits per heavy atom. The zero-order valence-corrected chi connectivity index (χ0v) is 9.79. The van der Waals surface area contributed by atoms with Gasteiger partial charge in [0.1, 0.15) is 0 Å². The first-order valence-electron chi connectivity index (χ1n) is 4.31. The first kappa shape index (κ1) is 12.8. The summed E-state index contributed by atoms with van der Waals surface area (Å²) in [4.78, 5) is 14.7. The van der Waals surface area contributed by atoms with E-state index in [4.69, 9.17) is 0 Å². The van der Waals surface area contributed by atoms with E-state index in [-0.39, 0.29) is 11.1 Å². The Bertz CT molecular complexity index is 412. The van der Waals surface area contributed by atoms with Crippen LogP contribution in [0.2, 0.25) is 0 Å². The van der Waals surface area contributed by atoms with Gasteiger partial charge in [0.25, 0.3) is 6.43 Å². The molecule has 0 aliphatic rings. The van der Waals surface area contributed by atoms with Gasteiger partial charge in [-0.1, -0.05) is 0 Å². The van der Waals surface area contributed by atoms with Crippen LogP contribution in [0.25, 0.3) is 0 Å². The van der Waals surface area contributed by atoms with Gasteiger partial charge >= 0.3 is 5.97 Å². The van der Waals surface area contributed by atoms with Crippen molar-refractivity contribution < 1.29 is 23.4 Å². The van der Waals surface area contributed by atoms with Gasteiger partial charge in [-0.3, -0.25) is 0 Å². The molecular weight excluding hydrogens is 288 g/mol. The van der Waals surface area contributed by atoms with Crippen LogP contribution in [0.3, 0.4) is 0 Å². The minimum Gasteiger partial charge on any atom is -0.504 e. The second-order valence-electron chi connectivity index (χ2n) is 2.75. The van der Waals surface area contributed by atoms with Gasteiger partial charge in [0.05, 0.1) is 16.6 Å². The predicted molar refractivity (Wildman–Crippen MR) is 54.5 cm³/mol. The second kappa shape index (κ2) is 5.20. The summed E-state index contributed by atoms with van der Waals surface area (Å²) in [7, 11) is 0. The number of aromatic hydroxyl groups is 1. The van der Waals surface area contributed by atoms with E-state index in [1.165, 1.54) is 0 Å². The molecule has 0 aromatic carbocycles. The van der Waals surface area contributed by atoms with Crippen LogP contribution in [-0.2, 0) is 4.74 Å². The maximum atomic E-state index is 12.4. The molecule has 1 aromatic rings. The van der Waals surface area contributed by atoms with Crippen LogP contribution in [0.15, 0.2) is 10.7 Å². The summed E-state index contributed by atoms with van der Waals surface area (Å²) in [5, 5.41) is 9.48. The first-order valence-corrected chi connectivity index (χ1v) is 5.11. The lowest BCUT2D eigenvalue weighted by atomic mass is 10.2. The highest BCUT2D eigenvalue weighted by Gasteiger charge is 2.22. The molecule has 0 aliphatic heterocycles. The van der Waals surface area contributed by atoms with E-state index in [1.807, 2.05) is 0 Å². The van der Waals surface area contributed by atoms with Gasteiger partial charge in [-0.2, -0.15) is 0 Å². The Morgan fingerprint density at radius 2 is 2.31 bits per heavy atom. The summed E-state index contributed by atoms with van der Waals surface area (Å²) in [6, 6.07) is 0. The number of carbonyl (C=O) groups excluding carboxylic acids is 1. The van der Waals surface area contributed by atoms with Crippen molar-refractivity contribution in [1.29, 1.82) is 0 Å². The lowest BCUT2D eigenvalue weighted by molar-refractivity contribution is 0.0515. The van der Waals surface area contributed by atoms with Gasteiger partial charge < -0.3 is 9.84 Å². The number of carbonyl (C=O) groups is 1. The molecule has 16 heavy (non-hydrogen) atoms. The molecule has 0 amide bonds. The van der Waals surface area contributed by atoms with E-state index >= 15 is 0 Å². The Morgan fingerprint density at radius 1 is 1.69 bits per heavy atom. The average Bonchev–Trinajstić information content (AvgIpc) is 2.21. The van der Waals surface area contributed by atoms with Crippen LogP contribution >= 0.6 is 15.9 Å². The molecule has 1 rings (SSSR count). The smallest absolute Gasteiger partial charge is 0.360 e. The summed E-state index contributed by atoms with van der Waals surface area (Å²) < 4.78 is 29.1. The van der Waals surface area contributed by atoms with Crippen LogP contribution in [0, 0.1) is 0 Å². The largest absolute Gasteiger partial charge is 0.504 e. The number of alkyl halides is 2. The maximum absolute atomic E-state index is 12.4. The van der Waals surface area contributed by atoms with E-state index in [0.717, 1.165) is 6.20 Å². The lowest BCUT2D eigenvalue weighted by Crippen LogP contribution is -2.08. The van der Waals surface area contributed by atoms with E-state index in [2.05, 4.69) is 25.7 Å². The van der Waals surface area contributed by atoms with Crippen molar-refractivity contribution in [3.63, 3.8) is 0 Å². The first-order chi connectivity index (χ1) is 7.49. The normalized spacial score (nSPS) is 10.6. The monoisotopic (exact) mass is 295 g/mol. The number of nitrogens with zero attached hydrogens (tertiary/aromatic N) is 1. The molecule has 0 bridgehead atoms. The molecular formula is C9H8BrF2NO3. The van der Waals surface area contributed by atoms with Crippen molar-refractivity contribution in [2.45, 2.75) is 13.3 Å². The fourth-order valence-corrected chi connectivity index (χ4v) is 1.46. The molecule has 1 N–H and O–H groups in total. The molecule has 0 radical (unpaired) electrons. The molecule has 0 atom stereocenters. The molecule has 1 aromatic heterocycles. The zero-order valence-electron chi connectivity index (χ0n) is 8.21. The number of esters is 1. The van der Waals surface area contributed by atoms with Crippen molar-refractivity contribution in [2.24, 2.45) is 0 Å². The van der Waals surface area contributed by atoms with Crippen molar-refractivity contribution in [1.82, 2.24) is 4.98 Å². The summed E-state index contributed by atoms with van der Waals surface area (Å²) in [6.45, 7) is 1.69. The molecule has 0 unspecified atom stereocenters. The molecule has 7 heteroatoms. The Hall–Kier alpha value is -1.24. The van der Waals surface area contributed by atoms with Crippen molar-refractivity contribution in [2.75, 3.05) is 6.61 Å². The van der Waals surface area contributed by atoms with E-state index in [1.54, 1.807) is 6.92 Å². The zero-order chi connectivity index (χ0) is 12.3. The van der Waals surface area contributed by atoms with Crippen LogP contribution in [-0.4, -0.2) is 22.7 Å². The fourth-order valence-electron chi connectivity index (χ4n) is 0.994. The Balaban J connectivity index is 3.16. The van der Waals surface area contributed by atoms with E-state index < -0.39 is 29.4 Å². The summed E-state index contributed by atoms with van der Waals surface area (Å²) in [5.74, 6) is -1.50. The lowest BCUT2D eigenvalue weighted by Gasteiger charge is -2.08. The number of rotatable bonds is 3. The standard InChI is InChI=1S/C9H8BrF2NO3/c1-2-16-9(15)6-7(14)5(10)4(3-13-6)8(11)12/h3,8,14H,2H2,1H3. The van der Waals surface area contributed by atoms with Crippen LogP contribution in [0.5, 0.6) is 5.75 Å². The third-order valence-corrected chi connectivity index (χ3v) is 2.56. The number of pyridine rings is 1. The van der Waals surface area contributed by atoms with E-state index in [0.29, 0.717) is 0 Å². The molecule has 0 aliphatic carbocycles. The summed E-state index contributed by atoms with van der Waals surface area (Å²) in [5.41, 5.74) is -0.872. The van der Waals surface area contributed by atoms with Crippen molar-refractivity contribution in [3.8, 4) is 5.75 Å². The van der Waals surface area contributed by atoms with Crippen LogP contribution < -0.4 is 0 Å². The maximum Gasteiger partial charge on any atom is 0.360 e. The quantitative estimate of drug-likeness (QED) is 0.871. The number of hydrogen-bond acceptors (Lipinski definition) is 4.